The number of thiazole rings is 1. The Kier molecular flexibility index (Phi) is 2.86. The van der Waals surface area contributed by atoms with Crippen molar-refractivity contribution < 1.29 is 9.90 Å². The zero-order valence-corrected chi connectivity index (χ0v) is 11.6. The van der Waals surface area contributed by atoms with Crippen LogP contribution in [-0.2, 0) is 11.2 Å². The third-order valence-electron chi connectivity index (χ3n) is 3.43. The van der Waals surface area contributed by atoms with Crippen LogP contribution in [0.2, 0.25) is 0 Å². The lowest BCUT2D eigenvalue weighted by atomic mass is 10.1. The molecule has 0 fully saturated rings. The van der Waals surface area contributed by atoms with Gasteiger partial charge in [-0.3, -0.25) is 9.78 Å². The average molecular weight is 274 g/mol. The summed E-state index contributed by atoms with van der Waals surface area (Å²) in [5, 5.41) is 10.0. The Labute approximate surface area is 115 Å². The van der Waals surface area contributed by atoms with Gasteiger partial charge in [0, 0.05) is 11.1 Å². The largest absolute Gasteiger partial charge is 0.481 e. The van der Waals surface area contributed by atoms with Crippen LogP contribution >= 0.6 is 11.3 Å². The lowest BCUT2D eigenvalue weighted by Gasteiger charge is -2.04. The Balaban J connectivity index is 2.04. The van der Waals surface area contributed by atoms with Gasteiger partial charge in [-0.2, -0.15) is 0 Å². The fourth-order valence-corrected chi connectivity index (χ4v) is 3.71. The fraction of sp³-hybridized carbons (Fsp3) is 0.357. The van der Waals surface area contributed by atoms with Crippen molar-refractivity contribution in [3.05, 3.63) is 34.0 Å². The highest BCUT2D eigenvalue weighted by Crippen LogP contribution is 2.39. The van der Waals surface area contributed by atoms with Crippen molar-refractivity contribution in [1.29, 1.82) is 0 Å². The normalized spacial score (nSPS) is 17.5. The van der Waals surface area contributed by atoms with Gasteiger partial charge in [0.1, 0.15) is 16.6 Å². The van der Waals surface area contributed by atoms with E-state index < -0.39 is 11.9 Å². The van der Waals surface area contributed by atoms with Gasteiger partial charge >= 0.3 is 5.97 Å². The van der Waals surface area contributed by atoms with Crippen molar-refractivity contribution in [1.82, 2.24) is 9.97 Å². The number of hydrogen-bond acceptors (Lipinski definition) is 4. The van der Waals surface area contributed by atoms with Crippen LogP contribution in [0.5, 0.6) is 0 Å². The first-order valence-electron chi connectivity index (χ1n) is 6.22. The molecule has 19 heavy (non-hydrogen) atoms. The highest BCUT2D eigenvalue weighted by atomic mass is 32.1. The number of aliphatic carboxylic acids is 1. The summed E-state index contributed by atoms with van der Waals surface area (Å²) in [5.74, 6) is -1.21. The van der Waals surface area contributed by atoms with E-state index in [-0.39, 0.29) is 0 Å². The monoisotopic (exact) mass is 274 g/mol. The van der Waals surface area contributed by atoms with Crippen LogP contribution in [0.4, 0.5) is 0 Å². The summed E-state index contributed by atoms with van der Waals surface area (Å²) < 4.78 is 0. The molecule has 0 spiro atoms. The third kappa shape index (κ3) is 2.04. The minimum atomic E-state index is -0.774. The summed E-state index contributed by atoms with van der Waals surface area (Å²) in [6.07, 6.45) is 3.31. The molecule has 98 valence electrons. The van der Waals surface area contributed by atoms with Crippen LogP contribution in [0.1, 0.15) is 34.0 Å². The van der Waals surface area contributed by atoms with Crippen LogP contribution in [0.3, 0.4) is 0 Å². The zero-order chi connectivity index (χ0) is 13.6. The smallest absolute Gasteiger partial charge is 0.312 e. The maximum atomic E-state index is 11.2. The standard InChI is InChI=1S/C14H14N2O2S/c1-7-5-8(2)11(15-6-7)13-16-12-9(14(17)18)3-4-10(12)19-13/h5-6,9H,3-4H2,1-2H3,(H,17,18). The Morgan fingerprint density at radius 1 is 1.47 bits per heavy atom. The predicted octanol–water partition coefficient (Wildman–Crippen LogP) is 2.94. The molecule has 1 aliphatic rings. The van der Waals surface area contributed by atoms with Gasteiger partial charge in [-0.25, -0.2) is 4.98 Å². The minimum absolute atomic E-state index is 0.439. The fourth-order valence-electron chi connectivity index (χ4n) is 2.51. The molecule has 5 heteroatoms. The van der Waals surface area contributed by atoms with Crippen molar-refractivity contribution in [3.63, 3.8) is 0 Å². The Morgan fingerprint density at radius 2 is 2.26 bits per heavy atom. The second-order valence-corrected chi connectivity index (χ2v) is 6.02. The van der Waals surface area contributed by atoms with Gasteiger partial charge in [0.15, 0.2) is 0 Å². The van der Waals surface area contributed by atoms with Gasteiger partial charge in [0.05, 0.1) is 5.69 Å². The average Bonchev–Trinajstić information content (AvgIpc) is 2.87. The van der Waals surface area contributed by atoms with Crippen LogP contribution in [0, 0.1) is 13.8 Å². The molecule has 2 aromatic rings. The van der Waals surface area contributed by atoms with Gasteiger partial charge in [-0.1, -0.05) is 6.07 Å². The summed E-state index contributed by atoms with van der Waals surface area (Å²) in [6.45, 7) is 4.02. The van der Waals surface area contributed by atoms with E-state index in [0.29, 0.717) is 6.42 Å². The predicted molar refractivity (Wildman–Crippen MR) is 73.5 cm³/mol. The number of hydrogen-bond donors (Lipinski definition) is 1. The molecule has 0 radical (unpaired) electrons. The minimum Gasteiger partial charge on any atom is -0.481 e. The lowest BCUT2D eigenvalue weighted by molar-refractivity contribution is -0.138. The van der Waals surface area contributed by atoms with Crippen molar-refractivity contribution >= 4 is 17.3 Å². The number of carboxylic acid groups (broad SMARTS) is 1. The van der Waals surface area contributed by atoms with Crippen LogP contribution < -0.4 is 0 Å². The van der Waals surface area contributed by atoms with Crippen LogP contribution in [0.25, 0.3) is 10.7 Å². The first-order valence-corrected chi connectivity index (χ1v) is 7.04. The topological polar surface area (TPSA) is 63.1 Å². The first kappa shape index (κ1) is 12.3. The van der Waals surface area contributed by atoms with Gasteiger partial charge < -0.3 is 5.11 Å². The molecule has 4 nitrogen and oxygen atoms in total. The van der Waals surface area contributed by atoms with E-state index in [9.17, 15) is 9.90 Å². The molecule has 1 unspecified atom stereocenters. The van der Waals surface area contributed by atoms with E-state index in [1.807, 2.05) is 20.0 Å². The van der Waals surface area contributed by atoms with Crippen LogP contribution in [-0.4, -0.2) is 21.0 Å². The molecule has 0 aliphatic heterocycles. The van der Waals surface area contributed by atoms with E-state index in [0.717, 1.165) is 38.8 Å². The number of carbonyl (C=O) groups is 1. The molecule has 0 aromatic carbocycles. The van der Waals surface area contributed by atoms with Crippen molar-refractivity contribution in [2.24, 2.45) is 0 Å². The molecule has 0 saturated heterocycles. The van der Waals surface area contributed by atoms with Crippen molar-refractivity contribution in [2.45, 2.75) is 32.6 Å². The maximum Gasteiger partial charge on any atom is 0.312 e. The van der Waals surface area contributed by atoms with Crippen LogP contribution in [0.15, 0.2) is 12.3 Å². The number of aryl methyl sites for hydroxylation is 3. The summed E-state index contributed by atoms with van der Waals surface area (Å²) >= 11 is 1.58. The molecule has 0 saturated carbocycles. The molecular weight excluding hydrogens is 260 g/mol. The SMILES string of the molecule is Cc1cnc(-c2nc3c(s2)CCC3C(=O)O)c(C)c1. The Hall–Kier alpha value is -1.75. The Bertz CT molecular complexity index is 663. The van der Waals surface area contributed by atoms with Gasteiger partial charge in [-0.15, -0.1) is 11.3 Å². The molecular formula is C14H14N2O2S. The quantitative estimate of drug-likeness (QED) is 0.914. The third-order valence-corrected chi connectivity index (χ3v) is 4.57. The first-order chi connectivity index (χ1) is 9.06. The molecule has 1 aliphatic carbocycles. The van der Waals surface area contributed by atoms with Gasteiger partial charge in [-0.05, 0) is 37.8 Å². The van der Waals surface area contributed by atoms with E-state index in [2.05, 4.69) is 16.0 Å². The summed E-state index contributed by atoms with van der Waals surface area (Å²) in [6, 6.07) is 2.07. The van der Waals surface area contributed by atoms with E-state index in [4.69, 9.17) is 0 Å². The molecule has 2 aromatic heterocycles. The molecule has 0 amide bonds. The number of aromatic nitrogens is 2. The van der Waals surface area contributed by atoms with E-state index in [1.165, 1.54) is 0 Å². The molecule has 1 N–H and O–H groups in total. The Morgan fingerprint density at radius 3 is 2.95 bits per heavy atom. The zero-order valence-electron chi connectivity index (χ0n) is 10.8. The van der Waals surface area contributed by atoms with Gasteiger partial charge in [0.2, 0.25) is 0 Å². The number of nitrogens with zero attached hydrogens (tertiary/aromatic N) is 2. The lowest BCUT2D eigenvalue weighted by Crippen LogP contribution is -2.08. The maximum absolute atomic E-state index is 11.2. The summed E-state index contributed by atoms with van der Waals surface area (Å²) in [4.78, 5) is 21.2. The summed E-state index contributed by atoms with van der Waals surface area (Å²) in [7, 11) is 0. The summed E-state index contributed by atoms with van der Waals surface area (Å²) in [5.41, 5.74) is 3.82. The van der Waals surface area contributed by atoms with Crippen molar-refractivity contribution in [3.8, 4) is 10.7 Å². The van der Waals surface area contributed by atoms with E-state index >= 15 is 0 Å². The molecule has 1 atom stereocenters. The molecule has 0 bridgehead atoms. The molecule has 2 heterocycles. The number of fused-ring (bicyclic) bond motifs is 1. The number of rotatable bonds is 2. The number of pyridine rings is 1. The number of carboxylic acids is 1. The molecule has 3 rings (SSSR count). The van der Waals surface area contributed by atoms with Gasteiger partial charge in [0.25, 0.3) is 0 Å². The second-order valence-electron chi connectivity index (χ2n) is 4.94. The second kappa shape index (κ2) is 4.42. The van der Waals surface area contributed by atoms with Crippen molar-refractivity contribution in [2.75, 3.05) is 0 Å². The highest BCUT2D eigenvalue weighted by molar-refractivity contribution is 7.15. The highest BCUT2D eigenvalue weighted by Gasteiger charge is 2.32. The van der Waals surface area contributed by atoms with E-state index in [1.54, 1.807) is 11.3 Å².